The second kappa shape index (κ2) is 9.04. The van der Waals surface area contributed by atoms with E-state index in [2.05, 4.69) is 4.89 Å². The molecule has 9 heteroatoms. The van der Waals surface area contributed by atoms with Crippen LogP contribution in [-0.4, -0.2) is 30.0 Å². The normalized spacial score (nSPS) is 11.0. The van der Waals surface area contributed by atoms with E-state index in [0.29, 0.717) is 5.75 Å². The Labute approximate surface area is 152 Å². The molecule has 0 amide bonds. The predicted octanol–water partition coefficient (Wildman–Crippen LogP) is 4.26. The third kappa shape index (κ3) is 6.63. The standard InChI is InChI=1S/C18H15F3O6/c19-18(20,21)10-1-11-25-14-6-2-12(3-7-14)16(22)26-15-8-4-13(5-9-15)17(23)27-24/h2-9,24H,1,10-11H2. The second-order valence-corrected chi connectivity index (χ2v) is 5.38. The monoisotopic (exact) mass is 384 g/mol. The number of benzene rings is 2. The summed E-state index contributed by atoms with van der Waals surface area (Å²) in [6.45, 7) is -0.0913. The molecule has 0 aliphatic heterocycles. The highest BCUT2D eigenvalue weighted by atomic mass is 19.4. The zero-order valence-corrected chi connectivity index (χ0v) is 13.9. The molecule has 2 aromatic rings. The van der Waals surface area contributed by atoms with Gasteiger partial charge in [0.1, 0.15) is 11.5 Å². The molecular formula is C18H15F3O6. The lowest BCUT2D eigenvalue weighted by Crippen LogP contribution is -2.10. The van der Waals surface area contributed by atoms with Gasteiger partial charge in [-0.15, -0.1) is 0 Å². The van der Waals surface area contributed by atoms with E-state index in [1.54, 1.807) is 0 Å². The molecule has 6 nitrogen and oxygen atoms in total. The first-order valence-corrected chi connectivity index (χ1v) is 7.76. The summed E-state index contributed by atoms with van der Waals surface area (Å²) in [5.74, 6) is -1.11. The van der Waals surface area contributed by atoms with E-state index in [4.69, 9.17) is 14.7 Å². The molecule has 0 heterocycles. The van der Waals surface area contributed by atoms with Crippen molar-refractivity contribution in [3.8, 4) is 11.5 Å². The van der Waals surface area contributed by atoms with Gasteiger partial charge in [0, 0.05) is 6.42 Å². The van der Waals surface area contributed by atoms with Crippen LogP contribution in [0, 0.1) is 0 Å². The largest absolute Gasteiger partial charge is 0.494 e. The van der Waals surface area contributed by atoms with Gasteiger partial charge in [0.05, 0.1) is 17.7 Å². The van der Waals surface area contributed by atoms with Crippen LogP contribution in [0.2, 0.25) is 0 Å². The van der Waals surface area contributed by atoms with E-state index in [9.17, 15) is 22.8 Å². The van der Waals surface area contributed by atoms with Crippen molar-refractivity contribution in [1.82, 2.24) is 0 Å². The average molecular weight is 384 g/mol. The first-order chi connectivity index (χ1) is 12.8. The summed E-state index contributed by atoms with van der Waals surface area (Å²) < 4.78 is 46.4. The molecule has 2 aromatic carbocycles. The highest BCUT2D eigenvalue weighted by molar-refractivity contribution is 5.92. The lowest BCUT2D eigenvalue weighted by Gasteiger charge is -2.09. The van der Waals surface area contributed by atoms with Gasteiger partial charge in [0.25, 0.3) is 0 Å². The van der Waals surface area contributed by atoms with Crippen LogP contribution in [0.25, 0.3) is 0 Å². The minimum atomic E-state index is -4.21. The first-order valence-electron chi connectivity index (χ1n) is 7.76. The highest BCUT2D eigenvalue weighted by Crippen LogP contribution is 2.22. The molecule has 27 heavy (non-hydrogen) atoms. The third-order valence-corrected chi connectivity index (χ3v) is 3.35. The fourth-order valence-corrected chi connectivity index (χ4v) is 2.03. The predicted molar refractivity (Wildman–Crippen MR) is 86.7 cm³/mol. The molecule has 0 saturated heterocycles. The van der Waals surface area contributed by atoms with E-state index >= 15 is 0 Å². The molecule has 2 rings (SSSR count). The van der Waals surface area contributed by atoms with Crippen LogP contribution in [0.15, 0.2) is 48.5 Å². The summed E-state index contributed by atoms with van der Waals surface area (Å²) >= 11 is 0. The van der Waals surface area contributed by atoms with Gasteiger partial charge < -0.3 is 9.47 Å². The number of hydrogen-bond donors (Lipinski definition) is 1. The van der Waals surface area contributed by atoms with Crippen molar-refractivity contribution in [2.45, 2.75) is 19.0 Å². The molecule has 0 radical (unpaired) electrons. The molecule has 1 N–H and O–H groups in total. The Morgan fingerprint density at radius 3 is 1.89 bits per heavy atom. The van der Waals surface area contributed by atoms with Crippen LogP contribution in [0.1, 0.15) is 33.6 Å². The molecule has 144 valence electrons. The molecular weight excluding hydrogens is 369 g/mol. The number of esters is 1. The molecule has 0 aromatic heterocycles. The summed E-state index contributed by atoms with van der Waals surface area (Å²) in [5, 5.41) is 8.28. The minimum Gasteiger partial charge on any atom is -0.494 e. The van der Waals surface area contributed by atoms with Crippen molar-refractivity contribution < 1.29 is 42.4 Å². The fraction of sp³-hybridized carbons (Fsp3) is 0.222. The average Bonchev–Trinajstić information content (AvgIpc) is 2.65. The highest BCUT2D eigenvalue weighted by Gasteiger charge is 2.26. The van der Waals surface area contributed by atoms with Gasteiger partial charge in [-0.25, -0.2) is 9.59 Å². The Hall–Kier alpha value is -3.07. The topological polar surface area (TPSA) is 82.1 Å². The zero-order valence-electron chi connectivity index (χ0n) is 13.9. The number of rotatable bonds is 7. The molecule has 0 aliphatic rings. The van der Waals surface area contributed by atoms with Crippen molar-refractivity contribution in [3.63, 3.8) is 0 Å². The van der Waals surface area contributed by atoms with Gasteiger partial charge in [-0.3, -0.25) is 4.89 Å². The van der Waals surface area contributed by atoms with Crippen LogP contribution in [0.3, 0.4) is 0 Å². The Morgan fingerprint density at radius 1 is 0.852 bits per heavy atom. The zero-order chi connectivity index (χ0) is 19.9. The molecule has 0 fully saturated rings. The van der Waals surface area contributed by atoms with E-state index in [1.807, 2.05) is 0 Å². The van der Waals surface area contributed by atoms with Crippen molar-refractivity contribution in [1.29, 1.82) is 0 Å². The summed E-state index contributed by atoms with van der Waals surface area (Å²) in [5.41, 5.74) is 0.279. The van der Waals surface area contributed by atoms with Gasteiger partial charge in [0.2, 0.25) is 0 Å². The van der Waals surface area contributed by atoms with Crippen molar-refractivity contribution in [3.05, 3.63) is 59.7 Å². The number of ether oxygens (including phenoxy) is 2. The Morgan fingerprint density at radius 2 is 1.37 bits per heavy atom. The Kier molecular flexibility index (Phi) is 6.78. The van der Waals surface area contributed by atoms with Crippen LogP contribution < -0.4 is 9.47 Å². The molecule has 0 unspecified atom stereocenters. The summed E-state index contributed by atoms with van der Waals surface area (Å²) in [4.78, 5) is 26.7. The summed E-state index contributed by atoms with van der Waals surface area (Å²) in [6, 6.07) is 11.0. The van der Waals surface area contributed by atoms with Gasteiger partial charge in [0.15, 0.2) is 0 Å². The molecule has 0 bridgehead atoms. The minimum absolute atomic E-state index is 0.0734. The summed E-state index contributed by atoms with van der Waals surface area (Å²) in [7, 11) is 0. The van der Waals surface area contributed by atoms with Crippen molar-refractivity contribution >= 4 is 11.9 Å². The van der Waals surface area contributed by atoms with E-state index in [0.717, 1.165) is 0 Å². The van der Waals surface area contributed by atoms with Gasteiger partial charge in [-0.2, -0.15) is 18.4 Å². The Bertz CT molecular complexity index is 769. The second-order valence-electron chi connectivity index (χ2n) is 5.38. The summed E-state index contributed by atoms with van der Waals surface area (Å²) in [6.07, 6.45) is -5.30. The smallest absolute Gasteiger partial charge is 0.389 e. The number of hydrogen-bond acceptors (Lipinski definition) is 6. The van der Waals surface area contributed by atoms with Gasteiger partial charge in [-0.1, -0.05) is 0 Å². The maximum atomic E-state index is 12.1. The number of carbonyl (C=O) groups is 2. The third-order valence-electron chi connectivity index (χ3n) is 3.35. The fourth-order valence-electron chi connectivity index (χ4n) is 2.03. The van der Waals surface area contributed by atoms with Crippen LogP contribution in [-0.2, 0) is 4.89 Å². The van der Waals surface area contributed by atoms with E-state index in [1.165, 1.54) is 48.5 Å². The quantitative estimate of drug-likeness (QED) is 0.253. The SMILES string of the molecule is O=C(OO)c1ccc(OC(=O)c2ccc(OCCCC(F)(F)F)cc2)cc1. The number of halogens is 3. The Balaban J connectivity index is 1.87. The van der Waals surface area contributed by atoms with Gasteiger partial charge in [-0.05, 0) is 55.0 Å². The lowest BCUT2D eigenvalue weighted by molar-refractivity contribution is -0.182. The van der Waals surface area contributed by atoms with E-state index in [-0.39, 0.29) is 29.9 Å². The van der Waals surface area contributed by atoms with E-state index < -0.39 is 24.5 Å². The van der Waals surface area contributed by atoms with Crippen molar-refractivity contribution in [2.75, 3.05) is 6.61 Å². The maximum Gasteiger partial charge on any atom is 0.389 e. The number of alkyl halides is 3. The molecule has 0 spiro atoms. The van der Waals surface area contributed by atoms with Crippen molar-refractivity contribution in [2.24, 2.45) is 0 Å². The number of carbonyl (C=O) groups excluding carboxylic acids is 2. The van der Waals surface area contributed by atoms with Crippen LogP contribution >= 0.6 is 0 Å². The maximum absolute atomic E-state index is 12.1. The molecule has 0 atom stereocenters. The van der Waals surface area contributed by atoms with Crippen LogP contribution in [0.4, 0.5) is 13.2 Å². The van der Waals surface area contributed by atoms with Gasteiger partial charge >= 0.3 is 18.1 Å². The van der Waals surface area contributed by atoms with Crippen LogP contribution in [0.5, 0.6) is 11.5 Å². The molecule has 0 aliphatic carbocycles. The molecule has 0 saturated carbocycles. The lowest BCUT2D eigenvalue weighted by atomic mass is 10.2. The first kappa shape index (κ1) is 20.2.